The van der Waals surface area contributed by atoms with Crippen LogP contribution in [-0.2, 0) is 0 Å². The van der Waals surface area contributed by atoms with E-state index in [0.29, 0.717) is 11.3 Å². The van der Waals surface area contributed by atoms with Crippen LogP contribution in [0.2, 0.25) is 5.02 Å². The molecule has 1 heterocycles. The topological polar surface area (TPSA) is 29.5 Å². The summed E-state index contributed by atoms with van der Waals surface area (Å²) in [6, 6.07) is 8.24. The molecule has 0 saturated heterocycles. The molecular weight excluding hydrogens is 286 g/mol. The fourth-order valence-corrected chi connectivity index (χ4v) is 2.70. The molecule has 20 heavy (non-hydrogen) atoms. The first kappa shape index (κ1) is 13.3. The van der Waals surface area contributed by atoms with Crippen molar-refractivity contribution in [2.45, 2.75) is 18.6 Å². The molecule has 1 aliphatic heterocycles. The van der Waals surface area contributed by atoms with Gasteiger partial charge in [-0.2, -0.15) is 0 Å². The minimum Gasteiger partial charge on any atom is -0.485 e. The predicted molar refractivity (Wildman–Crippen MR) is 70.8 cm³/mol. The Bertz CT molecular complexity index is 640. The minimum absolute atomic E-state index is 0.122. The minimum atomic E-state index is -0.921. The Morgan fingerprint density at radius 3 is 2.75 bits per heavy atom. The van der Waals surface area contributed by atoms with Gasteiger partial charge in [-0.1, -0.05) is 17.7 Å². The smallest absolute Gasteiger partial charge is 0.131 e. The monoisotopic (exact) mass is 296 g/mol. The van der Waals surface area contributed by atoms with Crippen LogP contribution < -0.4 is 4.74 Å². The first-order valence-corrected chi connectivity index (χ1v) is 6.52. The van der Waals surface area contributed by atoms with Crippen molar-refractivity contribution < 1.29 is 18.6 Å². The average molecular weight is 297 g/mol. The SMILES string of the molecule is O[C@@H]1CC(c2c(F)cccc2Cl)Oc2ccc(F)cc21. The fourth-order valence-electron chi connectivity index (χ4n) is 2.41. The Morgan fingerprint density at radius 1 is 1.20 bits per heavy atom. The highest BCUT2D eigenvalue weighted by molar-refractivity contribution is 6.31. The van der Waals surface area contributed by atoms with Crippen LogP contribution in [0.25, 0.3) is 0 Å². The van der Waals surface area contributed by atoms with Crippen molar-refractivity contribution >= 4 is 11.6 Å². The number of aliphatic hydroxyl groups excluding tert-OH is 1. The first-order chi connectivity index (χ1) is 9.56. The second-order valence-electron chi connectivity index (χ2n) is 4.68. The average Bonchev–Trinajstić information content (AvgIpc) is 2.39. The van der Waals surface area contributed by atoms with Gasteiger partial charge in [-0.25, -0.2) is 8.78 Å². The second-order valence-corrected chi connectivity index (χ2v) is 5.08. The van der Waals surface area contributed by atoms with Crippen molar-refractivity contribution in [3.05, 3.63) is 64.2 Å². The van der Waals surface area contributed by atoms with Gasteiger partial charge in [0, 0.05) is 17.5 Å². The van der Waals surface area contributed by atoms with Crippen molar-refractivity contribution in [3.63, 3.8) is 0 Å². The van der Waals surface area contributed by atoms with Crippen LogP contribution in [0.15, 0.2) is 36.4 Å². The summed E-state index contributed by atoms with van der Waals surface area (Å²) >= 11 is 6.00. The number of rotatable bonds is 1. The Kier molecular flexibility index (Phi) is 3.36. The number of ether oxygens (including phenoxy) is 1. The summed E-state index contributed by atoms with van der Waals surface area (Å²) < 4.78 is 32.7. The zero-order chi connectivity index (χ0) is 14.3. The molecule has 0 spiro atoms. The molecule has 104 valence electrons. The number of hydrogen-bond donors (Lipinski definition) is 1. The van der Waals surface area contributed by atoms with E-state index in [1.54, 1.807) is 6.07 Å². The maximum atomic E-state index is 13.9. The molecule has 0 aliphatic carbocycles. The number of hydrogen-bond acceptors (Lipinski definition) is 2. The lowest BCUT2D eigenvalue weighted by atomic mass is 9.94. The highest BCUT2D eigenvalue weighted by Gasteiger charge is 2.31. The van der Waals surface area contributed by atoms with Crippen molar-refractivity contribution in [2.24, 2.45) is 0 Å². The Morgan fingerprint density at radius 2 is 2.00 bits per heavy atom. The summed E-state index contributed by atoms with van der Waals surface area (Å²) in [5.74, 6) is -0.594. The van der Waals surface area contributed by atoms with Gasteiger partial charge < -0.3 is 9.84 Å². The molecule has 0 bridgehead atoms. The predicted octanol–water partition coefficient (Wildman–Crippen LogP) is 4.18. The van der Waals surface area contributed by atoms with Gasteiger partial charge in [0.2, 0.25) is 0 Å². The molecule has 1 aliphatic rings. The second kappa shape index (κ2) is 5.04. The van der Waals surface area contributed by atoms with Crippen LogP contribution >= 0.6 is 11.6 Å². The molecule has 5 heteroatoms. The Labute approximate surface area is 119 Å². The van der Waals surface area contributed by atoms with Gasteiger partial charge in [0.1, 0.15) is 23.5 Å². The van der Waals surface area contributed by atoms with Crippen LogP contribution in [-0.4, -0.2) is 5.11 Å². The van der Waals surface area contributed by atoms with E-state index in [2.05, 4.69) is 0 Å². The lowest BCUT2D eigenvalue weighted by molar-refractivity contribution is 0.0637. The number of benzene rings is 2. The molecule has 2 aromatic carbocycles. The molecule has 0 amide bonds. The molecule has 2 aromatic rings. The molecule has 1 N–H and O–H groups in total. The highest BCUT2D eigenvalue weighted by Crippen LogP contribution is 2.43. The van der Waals surface area contributed by atoms with Crippen molar-refractivity contribution in [3.8, 4) is 5.75 Å². The van der Waals surface area contributed by atoms with Gasteiger partial charge in [-0.3, -0.25) is 0 Å². The van der Waals surface area contributed by atoms with E-state index in [9.17, 15) is 13.9 Å². The Hall–Kier alpha value is -1.65. The van der Waals surface area contributed by atoms with Crippen LogP contribution in [0.1, 0.15) is 29.8 Å². The number of aliphatic hydroxyl groups is 1. The standard InChI is InChI=1S/C15H11ClF2O2/c16-10-2-1-3-11(18)15(10)14-7-12(19)9-6-8(17)4-5-13(9)20-14/h1-6,12,14,19H,7H2/t12-,14?/m1/s1. The third kappa shape index (κ3) is 2.25. The van der Waals surface area contributed by atoms with Gasteiger partial charge in [0.25, 0.3) is 0 Å². The fraction of sp³-hybridized carbons (Fsp3) is 0.200. The number of fused-ring (bicyclic) bond motifs is 1. The maximum absolute atomic E-state index is 13.9. The van der Waals surface area contributed by atoms with Crippen LogP contribution in [0.4, 0.5) is 8.78 Å². The van der Waals surface area contributed by atoms with Gasteiger partial charge in [0.05, 0.1) is 11.1 Å². The lowest BCUT2D eigenvalue weighted by Gasteiger charge is -2.30. The lowest BCUT2D eigenvalue weighted by Crippen LogP contribution is -2.20. The molecule has 0 saturated carbocycles. The molecule has 3 rings (SSSR count). The molecular formula is C15H11ClF2O2. The van der Waals surface area contributed by atoms with Crippen LogP contribution in [0.3, 0.4) is 0 Å². The van der Waals surface area contributed by atoms with Crippen LogP contribution in [0, 0.1) is 11.6 Å². The quantitative estimate of drug-likeness (QED) is 0.855. The summed E-state index contributed by atoms with van der Waals surface area (Å²) in [6.45, 7) is 0. The molecule has 0 aromatic heterocycles. The zero-order valence-corrected chi connectivity index (χ0v) is 11.1. The normalized spacial score (nSPS) is 21.2. The maximum Gasteiger partial charge on any atom is 0.131 e. The summed E-state index contributed by atoms with van der Waals surface area (Å²) in [6.07, 6.45) is -1.50. The van der Waals surface area contributed by atoms with E-state index in [1.807, 2.05) is 0 Å². The summed E-state index contributed by atoms with van der Waals surface area (Å²) in [5.41, 5.74) is 0.580. The zero-order valence-electron chi connectivity index (χ0n) is 10.3. The van der Waals surface area contributed by atoms with E-state index in [-0.39, 0.29) is 17.0 Å². The van der Waals surface area contributed by atoms with E-state index in [0.717, 1.165) is 0 Å². The Balaban J connectivity index is 2.01. The summed E-state index contributed by atoms with van der Waals surface area (Å²) in [7, 11) is 0. The largest absolute Gasteiger partial charge is 0.485 e. The third-order valence-electron chi connectivity index (χ3n) is 3.36. The van der Waals surface area contributed by atoms with Gasteiger partial charge in [-0.15, -0.1) is 0 Å². The van der Waals surface area contributed by atoms with Crippen molar-refractivity contribution in [1.82, 2.24) is 0 Å². The van der Waals surface area contributed by atoms with Gasteiger partial charge in [0.15, 0.2) is 0 Å². The van der Waals surface area contributed by atoms with E-state index in [4.69, 9.17) is 16.3 Å². The summed E-state index contributed by atoms with van der Waals surface area (Å²) in [5, 5.41) is 10.3. The van der Waals surface area contributed by atoms with E-state index >= 15 is 0 Å². The van der Waals surface area contributed by atoms with E-state index < -0.39 is 23.8 Å². The van der Waals surface area contributed by atoms with Gasteiger partial charge in [-0.05, 0) is 30.3 Å². The van der Waals surface area contributed by atoms with Crippen molar-refractivity contribution in [2.75, 3.05) is 0 Å². The third-order valence-corrected chi connectivity index (χ3v) is 3.69. The van der Waals surface area contributed by atoms with Crippen LogP contribution in [0.5, 0.6) is 5.75 Å². The molecule has 0 radical (unpaired) electrons. The highest BCUT2D eigenvalue weighted by atomic mass is 35.5. The summed E-state index contributed by atoms with van der Waals surface area (Å²) in [4.78, 5) is 0. The van der Waals surface area contributed by atoms with Crippen molar-refractivity contribution in [1.29, 1.82) is 0 Å². The van der Waals surface area contributed by atoms with Gasteiger partial charge >= 0.3 is 0 Å². The molecule has 2 nitrogen and oxygen atoms in total. The molecule has 1 unspecified atom stereocenters. The molecule has 2 atom stereocenters. The number of halogens is 3. The molecule has 0 fully saturated rings. The van der Waals surface area contributed by atoms with E-state index in [1.165, 1.54) is 30.3 Å². The first-order valence-electron chi connectivity index (χ1n) is 6.14.